The van der Waals surface area contributed by atoms with Crippen LogP contribution in [0.25, 0.3) is 0 Å². The molecule has 0 aliphatic heterocycles. The second kappa shape index (κ2) is 2.67. The first-order chi connectivity index (χ1) is 3.48. The minimum atomic E-state index is -0.976. The Kier molecular flexibility index (Phi) is 2.74. The van der Waals surface area contributed by atoms with E-state index in [1.54, 1.807) is 13.8 Å². The van der Waals surface area contributed by atoms with E-state index in [0.717, 1.165) is 0 Å². The number of hydrogen-bond donors (Lipinski definition) is 2. The molecule has 0 saturated carbocycles. The van der Waals surface area contributed by atoms with Crippen molar-refractivity contribution in [2.75, 3.05) is 6.61 Å². The van der Waals surface area contributed by atoms with E-state index in [0.29, 0.717) is 0 Å². The van der Waals surface area contributed by atoms with Gasteiger partial charge in [0.1, 0.15) is 0 Å². The molecular formula is C5H11ClO2. The first-order valence-electron chi connectivity index (χ1n) is 2.45. The van der Waals surface area contributed by atoms with E-state index in [9.17, 15) is 0 Å². The number of alkyl halides is 1. The van der Waals surface area contributed by atoms with Gasteiger partial charge in [-0.3, -0.25) is 0 Å². The third-order valence-corrected chi connectivity index (χ3v) is 1.60. The highest BCUT2D eigenvalue weighted by atomic mass is 35.5. The molecule has 1 atom stereocenters. The summed E-state index contributed by atoms with van der Waals surface area (Å²) in [5.41, 5.74) is -0.976. The highest BCUT2D eigenvalue weighted by Crippen LogP contribution is 2.13. The van der Waals surface area contributed by atoms with Crippen molar-refractivity contribution in [1.82, 2.24) is 0 Å². The lowest BCUT2D eigenvalue weighted by Crippen LogP contribution is -2.34. The molecule has 0 aliphatic carbocycles. The van der Waals surface area contributed by atoms with Gasteiger partial charge in [-0.1, -0.05) is 0 Å². The van der Waals surface area contributed by atoms with Gasteiger partial charge in [0.15, 0.2) is 0 Å². The third kappa shape index (κ3) is 2.50. The lowest BCUT2D eigenvalue weighted by atomic mass is 10.1. The summed E-state index contributed by atoms with van der Waals surface area (Å²) in [6.45, 7) is 2.92. The molecule has 0 amide bonds. The highest BCUT2D eigenvalue weighted by molar-refractivity contribution is 6.21. The maximum atomic E-state index is 8.99. The van der Waals surface area contributed by atoms with Crippen LogP contribution in [-0.4, -0.2) is 27.8 Å². The molecule has 8 heavy (non-hydrogen) atoms. The predicted octanol–water partition coefficient (Wildman–Crippen LogP) is 0.357. The van der Waals surface area contributed by atoms with Crippen molar-refractivity contribution in [2.24, 2.45) is 0 Å². The predicted molar refractivity (Wildman–Crippen MR) is 33.0 cm³/mol. The summed E-state index contributed by atoms with van der Waals surface area (Å²) in [6, 6.07) is 0. The zero-order valence-electron chi connectivity index (χ0n) is 5.06. The van der Waals surface area contributed by atoms with Crippen molar-refractivity contribution >= 4 is 11.6 Å². The number of hydrogen-bond acceptors (Lipinski definition) is 2. The van der Waals surface area contributed by atoms with Gasteiger partial charge in [-0.15, -0.1) is 11.6 Å². The first kappa shape index (κ1) is 8.21. The van der Waals surface area contributed by atoms with Gasteiger partial charge < -0.3 is 10.2 Å². The third-order valence-electron chi connectivity index (χ3n) is 0.927. The van der Waals surface area contributed by atoms with Crippen molar-refractivity contribution in [2.45, 2.75) is 24.8 Å². The van der Waals surface area contributed by atoms with E-state index in [4.69, 9.17) is 21.8 Å². The Bertz CT molecular complexity index is 67.3. The lowest BCUT2D eigenvalue weighted by Gasteiger charge is -2.21. The molecule has 0 saturated heterocycles. The Morgan fingerprint density at radius 1 is 1.62 bits per heavy atom. The Labute approximate surface area is 54.1 Å². The second-order valence-electron chi connectivity index (χ2n) is 2.30. The van der Waals surface area contributed by atoms with Gasteiger partial charge in [-0.05, 0) is 13.8 Å². The number of aliphatic hydroxyl groups is 2. The van der Waals surface area contributed by atoms with Crippen LogP contribution in [0.15, 0.2) is 0 Å². The Morgan fingerprint density at radius 2 is 2.00 bits per heavy atom. The molecule has 0 bridgehead atoms. The molecule has 0 radical (unpaired) electrons. The van der Waals surface area contributed by atoms with Gasteiger partial charge in [0, 0.05) is 0 Å². The molecule has 1 unspecified atom stereocenters. The second-order valence-corrected chi connectivity index (χ2v) is 2.83. The minimum absolute atomic E-state index is 0.189. The molecule has 2 nitrogen and oxygen atoms in total. The van der Waals surface area contributed by atoms with Crippen molar-refractivity contribution in [3.8, 4) is 0 Å². The average molecular weight is 139 g/mol. The molecule has 3 heteroatoms. The van der Waals surface area contributed by atoms with Gasteiger partial charge in [0.05, 0.1) is 17.6 Å². The summed E-state index contributed by atoms with van der Waals surface area (Å²) in [6.07, 6.45) is 0. The maximum Gasteiger partial charge on any atom is 0.0848 e. The summed E-state index contributed by atoms with van der Waals surface area (Å²) in [4.78, 5) is 0. The largest absolute Gasteiger partial charge is 0.395 e. The quantitative estimate of drug-likeness (QED) is 0.541. The van der Waals surface area contributed by atoms with E-state index in [2.05, 4.69) is 0 Å². The van der Waals surface area contributed by atoms with Crippen molar-refractivity contribution in [3.63, 3.8) is 0 Å². The topological polar surface area (TPSA) is 40.5 Å². The maximum absolute atomic E-state index is 8.99. The monoisotopic (exact) mass is 138 g/mol. The average Bonchev–Trinajstić information content (AvgIpc) is 1.62. The molecule has 0 aromatic rings. The molecule has 50 valence electrons. The summed E-state index contributed by atoms with van der Waals surface area (Å²) in [5.74, 6) is 0. The van der Waals surface area contributed by atoms with Gasteiger partial charge in [-0.2, -0.15) is 0 Å². The van der Waals surface area contributed by atoms with Gasteiger partial charge >= 0.3 is 0 Å². The van der Waals surface area contributed by atoms with E-state index >= 15 is 0 Å². The SMILES string of the molecule is CC(C)(O)C(Cl)CO. The molecule has 0 fully saturated rings. The highest BCUT2D eigenvalue weighted by Gasteiger charge is 2.22. The molecule has 0 spiro atoms. The number of aliphatic hydroxyl groups excluding tert-OH is 1. The minimum Gasteiger partial charge on any atom is -0.395 e. The van der Waals surface area contributed by atoms with E-state index < -0.39 is 11.0 Å². The van der Waals surface area contributed by atoms with E-state index in [1.807, 2.05) is 0 Å². The standard InChI is InChI=1S/C5H11ClO2/c1-5(2,8)4(6)3-7/h4,7-8H,3H2,1-2H3. The fraction of sp³-hybridized carbons (Fsp3) is 1.00. The number of rotatable bonds is 2. The van der Waals surface area contributed by atoms with Crippen molar-refractivity contribution < 1.29 is 10.2 Å². The van der Waals surface area contributed by atoms with Crippen LogP contribution in [0.4, 0.5) is 0 Å². The Balaban J connectivity index is 3.62. The van der Waals surface area contributed by atoms with Crippen LogP contribution >= 0.6 is 11.6 Å². The van der Waals surface area contributed by atoms with Crippen molar-refractivity contribution in [1.29, 1.82) is 0 Å². The molecule has 0 aliphatic rings. The van der Waals surface area contributed by atoms with Gasteiger partial charge in [-0.25, -0.2) is 0 Å². The van der Waals surface area contributed by atoms with Gasteiger partial charge in [0.2, 0.25) is 0 Å². The van der Waals surface area contributed by atoms with Crippen LogP contribution in [0, 0.1) is 0 Å². The zero-order valence-corrected chi connectivity index (χ0v) is 5.81. The Morgan fingerprint density at radius 3 is 2.00 bits per heavy atom. The summed E-state index contributed by atoms with van der Waals surface area (Å²) >= 11 is 5.44. The van der Waals surface area contributed by atoms with Crippen LogP contribution in [0.1, 0.15) is 13.8 Å². The van der Waals surface area contributed by atoms with E-state index in [-0.39, 0.29) is 6.61 Å². The van der Waals surface area contributed by atoms with E-state index in [1.165, 1.54) is 0 Å². The van der Waals surface area contributed by atoms with Crippen molar-refractivity contribution in [3.05, 3.63) is 0 Å². The van der Waals surface area contributed by atoms with Gasteiger partial charge in [0.25, 0.3) is 0 Å². The summed E-state index contributed by atoms with van der Waals surface area (Å²) in [7, 11) is 0. The first-order valence-corrected chi connectivity index (χ1v) is 2.89. The molecule has 2 N–H and O–H groups in total. The van der Waals surface area contributed by atoms with Crippen LogP contribution < -0.4 is 0 Å². The lowest BCUT2D eigenvalue weighted by molar-refractivity contribution is 0.0562. The fourth-order valence-corrected chi connectivity index (χ4v) is 0.223. The summed E-state index contributed by atoms with van der Waals surface area (Å²) < 4.78 is 0. The molecule has 0 aromatic carbocycles. The fourth-order valence-electron chi connectivity index (χ4n) is 0.223. The molecule has 0 aromatic heterocycles. The molecule has 0 rings (SSSR count). The molecule has 0 heterocycles. The zero-order chi connectivity index (χ0) is 6.78. The molecular weight excluding hydrogens is 128 g/mol. The number of halogens is 1. The normalized spacial score (nSPS) is 16.1. The van der Waals surface area contributed by atoms with Crippen LogP contribution in [0.3, 0.4) is 0 Å². The van der Waals surface area contributed by atoms with Crippen LogP contribution in [-0.2, 0) is 0 Å². The smallest absolute Gasteiger partial charge is 0.0848 e. The van der Waals surface area contributed by atoms with Crippen LogP contribution in [0.5, 0.6) is 0 Å². The Hall–Kier alpha value is 0.210. The summed E-state index contributed by atoms with van der Waals surface area (Å²) in [5, 5.41) is 16.8. The van der Waals surface area contributed by atoms with Crippen LogP contribution in [0.2, 0.25) is 0 Å².